The van der Waals surface area contributed by atoms with Gasteiger partial charge in [-0.2, -0.15) is 0 Å². The first-order valence-corrected chi connectivity index (χ1v) is 10.4. The minimum Gasteiger partial charge on any atom is -0.254 e. The highest BCUT2D eigenvalue weighted by molar-refractivity contribution is 14.1. The molecule has 0 fully saturated rings. The van der Waals surface area contributed by atoms with E-state index in [1.165, 1.54) is 67.8 Å². The Bertz CT molecular complexity index is 960. The minimum absolute atomic E-state index is 0.164. The molecule has 0 spiro atoms. The Balaban J connectivity index is 0.000000153. The van der Waals surface area contributed by atoms with Gasteiger partial charge in [-0.3, -0.25) is 9.97 Å². The van der Waals surface area contributed by atoms with E-state index in [0.717, 1.165) is 21.8 Å². The van der Waals surface area contributed by atoms with Gasteiger partial charge in [0, 0.05) is 23.2 Å². The molecule has 2 aromatic carbocycles. The fraction of sp³-hybridized carbons (Fsp3) is 0. The van der Waals surface area contributed by atoms with Gasteiger partial charge >= 0.3 is 0 Å². The molecule has 0 aliphatic heterocycles. The summed E-state index contributed by atoms with van der Waals surface area (Å²) in [7, 11) is 0. The number of nitrogens with zero attached hydrogens (tertiary/aromatic N) is 2. The molecule has 0 saturated heterocycles. The van der Waals surface area contributed by atoms with Crippen molar-refractivity contribution in [3.8, 4) is 0 Å². The normalized spacial score (nSPS) is 10.7. The molecule has 8 heteroatoms. The zero-order chi connectivity index (χ0) is 18.8. The van der Waals surface area contributed by atoms with Crippen LogP contribution >= 0.6 is 67.8 Å². The van der Waals surface area contributed by atoms with Crippen LogP contribution in [-0.4, -0.2) is 9.97 Å². The van der Waals surface area contributed by atoms with Gasteiger partial charge in [-0.05, 0) is 79.9 Å². The highest BCUT2D eigenvalue weighted by Gasteiger charge is 2.20. The van der Waals surface area contributed by atoms with Gasteiger partial charge in [0.05, 0.1) is 21.7 Å². The molecular weight excluding hydrogens is 682 g/mol. The van der Waals surface area contributed by atoms with Crippen molar-refractivity contribution >= 4 is 89.6 Å². The topological polar surface area (TPSA) is 25.8 Å². The zero-order valence-corrected chi connectivity index (χ0v) is 19.3. The average molecular weight is 690 g/mol. The van der Waals surface area contributed by atoms with E-state index in [1.54, 1.807) is 12.4 Å². The molecule has 26 heavy (non-hydrogen) atoms. The minimum atomic E-state index is -0.827. The molecule has 0 N–H and O–H groups in total. The molecule has 4 aromatic rings. The van der Waals surface area contributed by atoms with Crippen LogP contribution in [0.5, 0.6) is 0 Å². The number of halogens is 6. The molecule has 2 nitrogen and oxygen atoms in total. The lowest BCUT2D eigenvalue weighted by atomic mass is 10.1. The summed E-state index contributed by atoms with van der Waals surface area (Å²) < 4.78 is 38.3. The quantitative estimate of drug-likeness (QED) is 0.0890. The van der Waals surface area contributed by atoms with Gasteiger partial charge in [0.15, 0.2) is 17.5 Å². The van der Waals surface area contributed by atoms with Crippen LogP contribution in [0.1, 0.15) is 0 Å². The number of pyridine rings is 2. The Morgan fingerprint density at radius 2 is 0.923 bits per heavy atom. The second kappa shape index (κ2) is 8.50. The van der Waals surface area contributed by atoms with Gasteiger partial charge in [-0.25, -0.2) is 13.2 Å². The lowest BCUT2D eigenvalue weighted by Crippen LogP contribution is -2.01. The van der Waals surface area contributed by atoms with Crippen molar-refractivity contribution in [3.05, 3.63) is 77.0 Å². The fourth-order valence-corrected chi connectivity index (χ4v) is 5.42. The number of benzene rings is 2. The Hall–Kier alpha value is -0.760. The summed E-state index contributed by atoms with van der Waals surface area (Å²) in [6, 6.07) is 12.1. The van der Waals surface area contributed by atoms with Gasteiger partial charge in [0.2, 0.25) is 0 Å². The number of aromatic nitrogens is 2. The zero-order valence-electron chi connectivity index (χ0n) is 12.8. The van der Waals surface area contributed by atoms with Crippen molar-refractivity contribution < 1.29 is 13.2 Å². The standard InChI is InChI=1S/C12H8N2.C6F3I3/c1-3-9-5-6-10-4-2-8-14-12(10)11(9)13-7-1;7-1-4(10)2(8)6(12)3(9)5(1)11/h1-8H;. The van der Waals surface area contributed by atoms with Gasteiger partial charge in [0.25, 0.3) is 0 Å². The summed E-state index contributed by atoms with van der Waals surface area (Å²) in [5, 5.41) is 2.28. The molecule has 132 valence electrons. The SMILES string of the molecule is Fc1c(I)c(F)c(I)c(F)c1I.c1cnc2c(c1)ccc1cccnc12. The number of hydrogen-bond acceptors (Lipinski definition) is 2. The van der Waals surface area contributed by atoms with Gasteiger partial charge in [-0.15, -0.1) is 0 Å². The predicted molar refractivity (Wildman–Crippen MR) is 122 cm³/mol. The largest absolute Gasteiger partial charge is 0.254 e. The summed E-state index contributed by atoms with van der Waals surface area (Å²) in [4.78, 5) is 8.69. The maximum Gasteiger partial charge on any atom is 0.155 e. The van der Waals surface area contributed by atoms with Gasteiger partial charge in [0.1, 0.15) is 0 Å². The van der Waals surface area contributed by atoms with Crippen LogP contribution in [0.3, 0.4) is 0 Å². The summed E-state index contributed by atoms with van der Waals surface area (Å²) in [6.07, 6.45) is 3.60. The van der Waals surface area contributed by atoms with E-state index in [-0.39, 0.29) is 10.7 Å². The molecule has 0 unspecified atom stereocenters. The number of hydrogen-bond donors (Lipinski definition) is 0. The van der Waals surface area contributed by atoms with Crippen molar-refractivity contribution in [1.82, 2.24) is 9.97 Å². The van der Waals surface area contributed by atoms with Crippen LogP contribution in [0.4, 0.5) is 13.2 Å². The first-order chi connectivity index (χ1) is 12.4. The third-order valence-corrected chi connectivity index (χ3v) is 6.34. The van der Waals surface area contributed by atoms with E-state index in [9.17, 15) is 13.2 Å². The van der Waals surface area contributed by atoms with E-state index >= 15 is 0 Å². The van der Waals surface area contributed by atoms with E-state index in [4.69, 9.17) is 0 Å². The molecule has 0 aliphatic rings. The highest BCUT2D eigenvalue weighted by Crippen LogP contribution is 2.28. The van der Waals surface area contributed by atoms with Crippen molar-refractivity contribution in [2.45, 2.75) is 0 Å². The third kappa shape index (κ3) is 3.91. The molecule has 2 heterocycles. The molecule has 0 bridgehead atoms. The summed E-state index contributed by atoms with van der Waals surface area (Å²) in [6.45, 7) is 0. The molecule has 0 aliphatic carbocycles. The van der Waals surface area contributed by atoms with Crippen LogP contribution in [0.15, 0.2) is 48.8 Å². The van der Waals surface area contributed by atoms with Crippen molar-refractivity contribution in [3.63, 3.8) is 0 Å². The Labute approximate surface area is 188 Å². The monoisotopic (exact) mass is 690 g/mol. The fourth-order valence-electron chi connectivity index (χ4n) is 2.26. The van der Waals surface area contributed by atoms with E-state index in [1.807, 2.05) is 12.1 Å². The highest BCUT2D eigenvalue weighted by atomic mass is 127. The molecule has 0 amide bonds. The second-order valence-electron chi connectivity index (χ2n) is 5.10. The first-order valence-electron chi connectivity index (χ1n) is 7.17. The average Bonchev–Trinajstić information content (AvgIpc) is 2.70. The second-order valence-corrected chi connectivity index (χ2v) is 8.34. The van der Waals surface area contributed by atoms with Crippen molar-refractivity contribution in [2.24, 2.45) is 0 Å². The van der Waals surface area contributed by atoms with Crippen molar-refractivity contribution in [2.75, 3.05) is 0 Å². The Morgan fingerprint density at radius 1 is 0.577 bits per heavy atom. The number of fused-ring (bicyclic) bond motifs is 3. The Kier molecular flexibility index (Phi) is 6.54. The van der Waals surface area contributed by atoms with E-state index < -0.39 is 17.5 Å². The van der Waals surface area contributed by atoms with Crippen LogP contribution < -0.4 is 0 Å². The lowest BCUT2D eigenvalue weighted by Gasteiger charge is -2.03. The summed E-state index contributed by atoms with van der Waals surface area (Å²) >= 11 is 4.53. The molecule has 2 aromatic heterocycles. The van der Waals surface area contributed by atoms with Crippen LogP contribution in [0, 0.1) is 28.2 Å². The maximum atomic E-state index is 12.9. The van der Waals surface area contributed by atoms with E-state index in [2.05, 4.69) is 34.2 Å². The smallest absolute Gasteiger partial charge is 0.155 e. The van der Waals surface area contributed by atoms with Gasteiger partial charge < -0.3 is 0 Å². The Morgan fingerprint density at radius 3 is 1.27 bits per heavy atom. The van der Waals surface area contributed by atoms with Crippen molar-refractivity contribution in [1.29, 1.82) is 0 Å². The first kappa shape index (κ1) is 20.0. The van der Waals surface area contributed by atoms with Crippen LogP contribution in [0.25, 0.3) is 21.8 Å². The molecule has 0 saturated carbocycles. The van der Waals surface area contributed by atoms with E-state index in [0.29, 0.717) is 0 Å². The molecular formula is C18H8F3I3N2. The third-order valence-electron chi connectivity index (χ3n) is 3.50. The molecule has 4 rings (SSSR count). The van der Waals surface area contributed by atoms with Crippen LogP contribution in [0.2, 0.25) is 0 Å². The van der Waals surface area contributed by atoms with Gasteiger partial charge in [-0.1, -0.05) is 24.3 Å². The van der Waals surface area contributed by atoms with Crippen LogP contribution in [-0.2, 0) is 0 Å². The predicted octanol–water partition coefficient (Wildman–Crippen LogP) is 6.70. The summed E-state index contributed by atoms with van der Waals surface area (Å²) in [5.41, 5.74) is 1.95. The molecule has 0 radical (unpaired) electrons. The summed E-state index contributed by atoms with van der Waals surface area (Å²) in [5.74, 6) is -2.48. The molecule has 0 atom stereocenters. The maximum absolute atomic E-state index is 12.9. The number of rotatable bonds is 0. The lowest BCUT2D eigenvalue weighted by molar-refractivity contribution is 0.515.